The van der Waals surface area contributed by atoms with Crippen LogP contribution in [0, 0.1) is 11.8 Å². The first-order chi connectivity index (χ1) is 12.3. The number of rotatable bonds is 6. The van der Waals surface area contributed by atoms with Crippen molar-refractivity contribution in [1.82, 2.24) is 4.90 Å². The highest BCUT2D eigenvalue weighted by atomic mass is 16.5. The molecule has 1 saturated heterocycles. The third-order valence-electron chi connectivity index (χ3n) is 5.21. The molecule has 2 aliphatic rings. The minimum Gasteiger partial charge on any atom is -0.457 e. The van der Waals surface area contributed by atoms with Crippen LogP contribution in [-0.2, 0) is 0 Å². The highest BCUT2D eigenvalue weighted by Crippen LogP contribution is 2.32. The van der Waals surface area contributed by atoms with Gasteiger partial charge in [-0.3, -0.25) is 4.79 Å². The lowest BCUT2D eigenvalue weighted by atomic mass is 9.90. The molecule has 0 N–H and O–H groups in total. The van der Waals surface area contributed by atoms with E-state index in [1.54, 1.807) is 0 Å². The molecule has 2 fully saturated rings. The van der Waals surface area contributed by atoms with Gasteiger partial charge in [-0.1, -0.05) is 18.2 Å². The standard InChI is InChI=1S/C22H25NO2/c24-22(19-5-4-14-23(16-19)15-17-8-9-17)18-10-12-21(13-11-18)25-20-6-2-1-3-7-20/h1-3,6-7,10-13,17,19H,4-5,8-9,14-16H2/t19-/m1/s1. The first-order valence-corrected chi connectivity index (χ1v) is 9.37. The van der Waals surface area contributed by atoms with Crippen LogP contribution in [0.2, 0.25) is 0 Å². The topological polar surface area (TPSA) is 29.5 Å². The van der Waals surface area contributed by atoms with E-state index in [0.717, 1.165) is 48.9 Å². The summed E-state index contributed by atoms with van der Waals surface area (Å²) in [6, 6.07) is 17.3. The Labute approximate surface area is 149 Å². The largest absolute Gasteiger partial charge is 0.457 e. The van der Waals surface area contributed by atoms with Crippen LogP contribution >= 0.6 is 0 Å². The minimum absolute atomic E-state index is 0.147. The molecule has 1 saturated carbocycles. The number of nitrogens with zero attached hydrogens (tertiary/aromatic N) is 1. The second-order valence-electron chi connectivity index (χ2n) is 7.35. The van der Waals surface area contributed by atoms with Gasteiger partial charge in [0.15, 0.2) is 5.78 Å². The molecule has 3 heteroatoms. The summed E-state index contributed by atoms with van der Waals surface area (Å²) in [6.45, 7) is 3.27. The predicted molar refractivity (Wildman–Crippen MR) is 99.2 cm³/mol. The van der Waals surface area contributed by atoms with E-state index in [1.165, 1.54) is 19.4 Å². The zero-order valence-electron chi connectivity index (χ0n) is 14.6. The molecule has 4 rings (SSSR count). The normalized spacial score (nSPS) is 21.0. The van der Waals surface area contributed by atoms with Crippen LogP contribution in [0.25, 0.3) is 0 Å². The molecule has 0 unspecified atom stereocenters. The number of piperidine rings is 1. The molecule has 25 heavy (non-hydrogen) atoms. The van der Waals surface area contributed by atoms with Crippen molar-refractivity contribution >= 4 is 5.78 Å². The summed E-state index contributed by atoms with van der Waals surface area (Å²) < 4.78 is 5.81. The summed E-state index contributed by atoms with van der Waals surface area (Å²) in [7, 11) is 0. The Morgan fingerprint density at radius 1 is 0.960 bits per heavy atom. The van der Waals surface area contributed by atoms with Gasteiger partial charge in [-0.15, -0.1) is 0 Å². The Balaban J connectivity index is 1.38. The second kappa shape index (κ2) is 7.40. The van der Waals surface area contributed by atoms with Crippen LogP contribution in [-0.4, -0.2) is 30.3 Å². The second-order valence-corrected chi connectivity index (χ2v) is 7.35. The molecule has 1 aliphatic heterocycles. The summed E-state index contributed by atoms with van der Waals surface area (Å²) in [4.78, 5) is 15.3. The summed E-state index contributed by atoms with van der Waals surface area (Å²) in [5.41, 5.74) is 0.804. The van der Waals surface area contributed by atoms with E-state index in [4.69, 9.17) is 4.74 Å². The molecule has 0 bridgehead atoms. The highest BCUT2D eigenvalue weighted by molar-refractivity contribution is 5.98. The van der Waals surface area contributed by atoms with E-state index in [1.807, 2.05) is 54.6 Å². The number of benzene rings is 2. The number of carbonyl (C=O) groups is 1. The van der Waals surface area contributed by atoms with Crippen LogP contribution in [0.4, 0.5) is 0 Å². The number of ether oxygens (including phenoxy) is 1. The molecule has 3 nitrogen and oxygen atoms in total. The van der Waals surface area contributed by atoms with Crippen molar-refractivity contribution < 1.29 is 9.53 Å². The smallest absolute Gasteiger partial charge is 0.167 e. The Morgan fingerprint density at radius 3 is 2.40 bits per heavy atom. The molecular weight excluding hydrogens is 310 g/mol. The van der Waals surface area contributed by atoms with Crippen LogP contribution in [0.5, 0.6) is 11.5 Å². The maximum absolute atomic E-state index is 12.8. The number of ketones is 1. The first-order valence-electron chi connectivity index (χ1n) is 9.37. The van der Waals surface area contributed by atoms with Crippen molar-refractivity contribution in [3.8, 4) is 11.5 Å². The van der Waals surface area contributed by atoms with E-state index in [-0.39, 0.29) is 11.7 Å². The molecule has 2 aromatic carbocycles. The average Bonchev–Trinajstić information content (AvgIpc) is 3.47. The Hall–Kier alpha value is -2.13. The zero-order chi connectivity index (χ0) is 17.1. The van der Waals surface area contributed by atoms with E-state index < -0.39 is 0 Å². The SMILES string of the molecule is O=C(c1ccc(Oc2ccccc2)cc1)[C@@H]1CCCN(CC2CC2)C1. The average molecular weight is 335 g/mol. The van der Waals surface area contributed by atoms with Gasteiger partial charge in [-0.05, 0) is 74.5 Å². The third kappa shape index (κ3) is 4.29. The molecule has 1 atom stereocenters. The summed E-state index contributed by atoms with van der Waals surface area (Å²) >= 11 is 0. The van der Waals surface area contributed by atoms with Gasteiger partial charge in [0.05, 0.1) is 0 Å². The van der Waals surface area contributed by atoms with Gasteiger partial charge < -0.3 is 9.64 Å². The lowest BCUT2D eigenvalue weighted by Crippen LogP contribution is -2.39. The number of carbonyl (C=O) groups excluding carboxylic acids is 1. The van der Waals surface area contributed by atoms with E-state index in [9.17, 15) is 4.79 Å². The molecule has 0 aromatic heterocycles. The van der Waals surface area contributed by atoms with Gasteiger partial charge in [0.1, 0.15) is 11.5 Å². The van der Waals surface area contributed by atoms with E-state index >= 15 is 0 Å². The van der Waals surface area contributed by atoms with Crippen molar-refractivity contribution in [3.63, 3.8) is 0 Å². The fourth-order valence-corrected chi connectivity index (χ4v) is 3.65. The Bertz CT molecular complexity index is 707. The number of hydrogen-bond acceptors (Lipinski definition) is 3. The Kier molecular flexibility index (Phi) is 4.84. The molecule has 0 amide bonds. The van der Waals surface area contributed by atoms with Gasteiger partial charge in [-0.25, -0.2) is 0 Å². The molecule has 130 valence electrons. The maximum atomic E-state index is 12.8. The number of hydrogen-bond donors (Lipinski definition) is 0. The van der Waals surface area contributed by atoms with Gasteiger partial charge in [0.2, 0.25) is 0 Å². The molecule has 2 aromatic rings. The number of Topliss-reactive ketones (excluding diaryl/α,β-unsaturated/α-hetero) is 1. The minimum atomic E-state index is 0.147. The molecule has 0 radical (unpaired) electrons. The third-order valence-corrected chi connectivity index (χ3v) is 5.21. The fraction of sp³-hybridized carbons (Fsp3) is 0.409. The van der Waals surface area contributed by atoms with E-state index in [2.05, 4.69) is 4.90 Å². The van der Waals surface area contributed by atoms with Crippen molar-refractivity contribution in [1.29, 1.82) is 0 Å². The zero-order valence-corrected chi connectivity index (χ0v) is 14.6. The van der Waals surface area contributed by atoms with Crippen LogP contribution in [0.1, 0.15) is 36.0 Å². The van der Waals surface area contributed by atoms with Crippen LogP contribution < -0.4 is 4.74 Å². The summed E-state index contributed by atoms with van der Waals surface area (Å²) in [5.74, 6) is 2.90. The quantitative estimate of drug-likeness (QED) is 0.711. The lowest BCUT2D eigenvalue weighted by molar-refractivity contribution is 0.0814. The molecule has 1 aliphatic carbocycles. The van der Waals surface area contributed by atoms with Gasteiger partial charge in [0.25, 0.3) is 0 Å². The summed E-state index contributed by atoms with van der Waals surface area (Å²) in [6.07, 6.45) is 4.90. The van der Waals surface area contributed by atoms with Gasteiger partial charge >= 0.3 is 0 Å². The highest BCUT2D eigenvalue weighted by Gasteiger charge is 2.30. The van der Waals surface area contributed by atoms with Crippen LogP contribution in [0.3, 0.4) is 0 Å². The molecular formula is C22H25NO2. The predicted octanol–water partition coefficient (Wildman–Crippen LogP) is 4.78. The Morgan fingerprint density at radius 2 is 1.68 bits per heavy atom. The maximum Gasteiger partial charge on any atom is 0.167 e. The van der Waals surface area contributed by atoms with Crippen LogP contribution in [0.15, 0.2) is 54.6 Å². The molecule has 1 heterocycles. The van der Waals surface area contributed by atoms with Crippen molar-refractivity contribution in [3.05, 3.63) is 60.2 Å². The lowest BCUT2D eigenvalue weighted by Gasteiger charge is -2.32. The number of para-hydroxylation sites is 1. The fourth-order valence-electron chi connectivity index (χ4n) is 3.65. The number of likely N-dealkylation sites (tertiary alicyclic amines) is 1. The molecule has 0 spiro atoms. The first kappa shape index (κ1) is 16.3. The van der Waals surface area contributed by atoms with Gasteiger partial charge in [0, 0.05) is 24.6 Å². The van der Waals surface area contributed by atoms with Crippen molar-refractivity contribution in [2.75, 3.05) is 19.6 Å². The summed E-state index contributed by atoms with van der Waals surface area (Å²) in [5, 5.41) is 0. The van der Waals surface area contributed by atoms with Crippen molar-refractivity contribution in [2.45, 2.75) is 25.7 Å². The van der Waals surface area contributed by atoms with Gasteiger partial charge in [-0.2, -0.15) is 0 Å². The van der Waals surface area contributed by atoms with Crippen molar-refractivity contribution in [2.24, 2.45) is 11.8 Å². The van der Waals surface area contributed by atoms with E-state index in [0.29, 0.717) is 0 Å². The monoisotopic (exact) mass is 335 g/mol.